The Morgan fingerprint density at radius 1 is 0.861 bits per heavy atom. The van der Waals surface area contributed by atoms with Crippen LogP contribution in [0.15, 0.2) is 101 Å². The second-order valence-corrected chi connectivity index (χ2v) is 8.40. The predicted octanol–water partition coefficient (Wildman–Crippen LogP) is 6.58. The second-order valence-electron chi connectivity index (χ2n) is 8.40. The Bertz CT molecular complexity index is 1570. The van der Waals surface area contributed by atoms with Gasteiger partial charge in [-0.15, -0.1) is 10.2 Å². The van der Waals surface area contributed by atoms with Crippen LogP contribution < -0.4 is 9.47 Å². The summed E-state index contributed by atoms with van der Waals surface area (Å²) in [5.74, 6) is 0.718. The Balaban J connectivity index is 1.29. The molecule has 5 aromatic rings. The van der Waals surface area contributed by atoms with E-state index in [1.165, 1.54) is 0 Å². The Labute approximate surface area is 208 Å². The third-order valence-corrected chi connectivity index (χ3v) is 5.84. The zero-order valence-electron chi connectivity index (χ0n) is 19.8. The van der Waals surface area contributed by atoms with E-state index in [1.807, 2.05) is 85.8 Å². The molecule has 0 aliphatic carbocycles. The minimum absolute atomic E-state index is 0.0746. The van der Waals surface area contributed by atoms with Crippen LogP contribution in [0, 0.1) is 6.92 Å². The lowest BCUT2D eigenvalue weighted by Crippen LogP contribution is -2.08. The maximum absolute atomic E-state index is 12.3. The van der Waals surface area contributed by atoms with E-state index >= 15 is 0 Å². The molecule has 0 unspecified atom stereocenters. The summed E-state index contributed by atoms with van der Waals surface area (Å²) < 4.78 is 13.2. The zero-order valence-corrected chi connectivity index (χ0v) is 19.8. The van der Waals surface area contributed by atoms with E-state index in [-0.39, 0.29) is 18.2 Å². The van der Waals surface area contributed by atoms with Crippen molar-refractivity contribution in [3.8, 4) is 17.4 Å². The maximum atomic E-state index is 12.3. The number of para-hydroxylation sites is 1. The maximum Gasteiger partial charge on any atom is 0.302 e. The molecule has 7 nitrogen and oxygen atoms in total. The molecular weight excluding hydrogens is 454 g/mol. The van der Waals surface area contributed by atoms with Gasteiger partial charge in [0.25, 0.3) is 0 Å². The summed E-state index contributed by atoms with van der Waals surface area (Å²) in [6.07, 6.45) is 0. The summed E-state index contributed by atoms with van der Waals surface area (Å²) in [4.78, 5) is 12.3. The molecule has 0 spiro atoms. The number of hydrogen-bond donors (Lipinski definition) is 1. The normalized spacial score (nSPS) is 11.4. The van der Waals surface area contributed by atoms with Crippen LogP contribution in [0.5, 0.6) is 17.4 Å². The fourth-order valence-electron chi connectivity index (χ4n) is 4.09. The van der Waals surface area contributed by atoms with Crippen molar-refractivity contribution in [2.75, 3.05) is 13.2 Å². The lowest BCUT2D eigenvalue weighted by Gasteiger charge is -2.10. The second kappa shape index (κ2) is 10.3. The third kappa shape index (κ3) is 5.05. The van der Waals surface area contributed by atoms with Gasteiger partial charge in [0.2, 0.25) is 5.88 Å². The van der Waals surface area contributed by atoms with Crippen molar-refractivity contribution < 1.29 is 19.4 Å². The van der Waals surface area contributed by atoms with Crippen molar-refractivity contribution in [2.24, 2.45) is 10.2 Å². The molecule has 1 N–H and O–H groups in total. The summed E-state index contributed by atoms with van der Waals surface area (Å²) >= 11 is 0. The summed E-state index contributed by atoms with van der Waals surface area (Å²) in [5, 5.41) is 21.7. The number of carbonyl (C=O) groups is 1. The number of nitrogens with zero attached hydrogens (tertiary/aromatic N) is 3. The molecule has 0 saturated carbocycles. The van der Waals surface area contributed by atoms with Crippen molar-refractivity contribution in [2.45, 2.75) is 13.5 Å². The van der Waals surface area contributed by atoms with Crippen LogP contribution in [0.4, 0.5) is 5.69 Å². The highest BCUT2D eigenvalue weighted by atomic mass is 16.5. The van der Waals surface area contributed by atoms with E-state index in [0.717, 1.165) is 27.6 Å². The van der Waals surface area contributed by atoms with Crippen molar-refractivity contribution in [1.29, 1.82) is 0 Å². The molecule has 180 valence electrons. The number of hydrogen-bond acceptors (Lipinski definition) is 5. The molecule has 0 bridgehead atoms. The zero-order chi connectivity index (χ0) is 24.9. The van der Waals surface area contributed by atoms with Gasteiger partial charge in [0.05, 0.1) is 12.1 Å². The fraction of sp³-hybridized carbons (Fsp3) is 0.138. The van der Waals surface area contributed by atoms with Crippen LogP contribution in [0.1, 0.15) is 5.56 Å². The first-order valence-corrected chi connectivity index (χ1v) is 11.6. The molecule has 1 aromatic heterocycles. The highest BCUT2D eigenvalue weighted by molar-refractivity contribution is 5.95. The number of benzene rings is 4. The average Bonchev–Trinajstić information content (AvgIpc) is 3.16. The van der Waals surface area contributed by atoms with Gasteiger partial charge in [0.1, 0.15) is 18.1 Å². The van der Waals surface area contributed by atoms with Gasteiger partial charge in [-0.25, -0.2) is 0 Å². The molecule has 0 aliphatic heterocycles. The number of aryl methyl sites for hydroxylation is 1. The molecule has 0 aliphatic rings. The van der Waals surface area contributed by atoms with Crippen LogP contribution in [0.2, 0.25) is 0 Å². The molecule has 1 amide bonds. The first kappa shape index (κ1) is 23.1. The summed E-state index contributed by atoms with van der Waals surface area (Å²) in [6.45, 7) is 2.43. The van der Waals surface area contributed by atoms with Gasteiger partial charge in [-0.1, -0.05) is 60.7 Å². The monoisotopic (exact) mass is 479 g/mol. The van der Waals surface area contributed by atoms with E-state index in [1.54, 1.807) is 10.6 Å². The minimum atomic E-state index is -0.549. The van der Waals surface area contributed by atoms with Crippen LogP contribution in [0.3, 0.4) is 0 Å². The molecule has 36 heavy (non-hydrogen) atoms. The van der Waals surface area contributed by atoms with Crippen LogP contribution in [-0.4, -0.2) is 28.8 Å². The Morgan fingerprint density at radius 3 is 2.50 bits per heavy atom. The minimum Gasteiger partial charge on any atom is -0.493 e. The number of carbonyl (C=O) groups excluding carboxylic acids is 1. The van der Waals surface area contributed by atoms with Crippen molar-refractivity contribution >= 4 is 33.3 Å². The number of fused-ring (bicyclic) bond motifs is 2. The van der Waals surface area contributed by atoms with Crippen molar-refractivity contribution in [3.63, 3.8) is 0 Å². The standard InChI is InChI=1S/C29H25N3O4/c1-20-7-6-10-23(17-20)36-19-27(33)30-31-28-25-11-4-5-12-26(25)32(29(28)34)15-16-35-24-14-13-21-8-2-3-9-22(21)18-24/h2-14,17-18,34H,15-16,19H2,1H3. The molecule has 1 heterocycles. The van der Waals surface area contributed by atoms with Crippen molar-refractivity contribution in [1.82, 2.24) is 4.57 Å². The van der Waals surface area contributed by atoms with E-state index in [0.29, 0.717) is 24.3 Å². The molecule has 0 fully saturated rings. The van der Waals surface area contributed by atoms with Gasteiger partial charge in [-0.2, -0.15) is 0 Å². The topological polar surface area (TPSA) is 85.4 Å². The summed E-state index contributed by atoms with van der Waals surface area (Å²) in [5.41, 5.74) is 2.04. The molecule has 5 rings (SSSR count). The number of amides is 1. The largest absolute Gasteiger partial charge is 0.493 e. The van der Waals surface area contributed by atoms with Gasteiger partial charge in [0, 0.05) is 5.39 Å². The molecule has 4 aromatic carbocycles. The third-order valence-electron chi connectivity index (χ3n) is 5.84. The molecular formula is C29H25N3O4. The van der Waals surface area contributed by atoms with E-state index < -0.39 is 5.91 Å². The smallest absolute Gasteiger partial charge is 0.302 e. The van der Waals surface area contributed by atoms with Gasteiger partial charge in [-0.3, -0.25) is 4.79 Å². The lowest BCUT2D eigenvalue weighted by atomic mass is 10.1. The molecule has 0 saturated heterocycles. The lowest BCUT2D eigenvalue weighted by molar-refractivity contribution is -0.120. The first-order chi connectivity index (χ1) is 17.6. The average molecular weight is 480 g/mol. The van der Waals surface area contributed by atoms with E-state index in [2.05, 4.69) is 16.3 Å². The van der Waals surface area contributed by atoms with Gasteiger partial charge in [0.15, 0.2) is 12.3 Å². The van der Waals surface area contributed by atoms with E-state index in [4.69, 9.17) is 9.47 Å². The fourth-order valence-corrected chi connectivity index (χ4v) is 4.09. The molecule has 0 radical (unpaired) electrons. The first-order valence-electron chi connectivity index (χ1n) is 11.6. The molecule has 7 heteroatoms. The van der Waals surface area contributed by atoms with Crippen LogP contribution in [0.25, 0.3) is 21.7 Å². The number of aromatic nitrogens is 1. The van der Waals surface area contributed by atoms with Crippen LogP contribution in [-0.2, 0) is 11.3 Å². The van der Waals surface area contributed by atoms with Gasteiger partial charge < -0.3 is 19.1 Å². The number of aromatic hydroxyl groups is 1. The van der Waals surface area contributed by atoms with Crippen molar-refractivity contribution in [3.05, 3.63) is 96.6 Å². The quantitative estimate of drug-likeness (QED) is 0.255. The van der Waals surface area contributed by atoms with Gasteiger partial charge >= 0.3 is 5.91 Å². The predicted molar refractivity (Wildman–Crippen MR) is 139 cm³/mol. The Hall–Kier alpha value is -4.65. The molecule has 0 atom stereocenters. The Morgan fingerprint density at radius 2 is 1.64 bits per heavy atom. The summed E-state index contributed by atoms with van der Waals surface area (Å²) in [7, 11) is 0. The van der Waals surface area contributed by atoms with Gasteiger partial charge in [-0.05, 0) is 53.6 Å². The highest BCUT2D eigenvalue weighted by Crippen LogP contribution is 2.38. The highest BCUT2D eigenvalue weighted by Gasteiger charge is 2.17. The number of rotatable bonds is 8. The Kier molecular flexibility index (Phi) is 6.62. The summed E-state index contributed by atoms with van der Waals surface area (Å²) in [6, 6.07) is 28.9. The van der Waals surface area contributed by atoms with E-state index in [9.17, 15) is 9.90 Å². The number of ether oxygens (including phenoxy) is 2. The van der Waals surface area contributed by atoms with Crippen LogP contribution >= 0.6 is 0 Å². The number of azo groups is 1. The SMILES string of the molecule is Cc1cccc(OCC(=O)N=Nc2c(O)n(CCOc3ccc4ccccc4c3)c3ccccc23)c1.